The summed E-state index contributed by atoms with van der Waals surface area (Å²) in [4.78, 5) is 24.5. The molecule has 0 aliphatic heterocycles. The quantitative estimate of drug-likeness (QED) is 0.719. The summed E-state index contributed by atoms with van der Waals surface area (Å²) in [6.07, 6.45) is 0. The van der Waals surface area contributed by atoms with Crippen LogP contribution in [0.3, 0.4) is 0 Å². The molecule has 0 atom stereocenters. The minimum absolute atomic E-state index is 0.175. The van der Waals surface area contributed by atoms with E-state index in [1.54, 1.807) is 30.3 Å². The normalized spacial score (nSPS) is 11.4. The number of benzene rings is 1. The first-order valence-electron chi connectivity index (χ1n) is 7.52. The van der Waals surface area contributed by atoms with E-state index in [-0.39, 0.29) is 17.3 Å². The molecular formula is C16H18ClN3O4S2. The zero-order valence-electron chi connectivity index (χ0n) is 14.2. The number of rotatable bonds is 7. The van der Waals surface area contributed by atoms with Crippen LogP contribution in [0.5, 0.6) is 0 Å². The number of sulfonamides is 1. The van der Waals surface area contributed by atoms with Crippen molar-refractivity contribution in [2.45, 2.75) is 10.8 Å². The molecule has 0 bridgehead atoms. The lowest BCUT2D eigenvalue weighted by Crippen LogP contribution is -2.36. The number of nitrogens with one attached hydrogen (secondary N) is 2. The number of carbonyl (C=O) groups is 2. The van der Waals surface area contributed by atoms with E-state index >= 15 is 0 Å². The van der Waals surface area contributed by atoms with E-state index in [1.165, 1.54) is 20.2 Å². The van der Waals surface area contributed by atoms with Crippen molar-refractivity contribution >= 4 is 44.8 Å². The first-order chi connectivity index (χ1) is 12.2. The monoisotopic (exact) mass is 415 g/mol. The molecule has 0 spiro atoms. The van der Waals surface area contributed by atoms with Gasteiger partial charge in [-0.15, -0.1) is 11.3 Å². The molecule has 0 radical (unpaired) electrons. The average Bonchev–Trinajstić information content (AvgIpc) is 3.08. The highest BCUT2D eigenvalue weighted by Crippen LogP contribution is 2.23. The van der Waals surface area contributed by atoms with Crippen LogP contribution in [0, 0.1) is 0 Å². The van der Waals surface area contributed by atoms with Crippen LogP contribution in [-0.2, 0) is 21.4 Å². The van der Waals surface area contributed by atoms with Crippen molar-refractivity contribution in [3.05, 3.63) is 51.9 Å². The van der Waals surface area contributed by atoms with Gasteiger partial charge in [-0.3, -0.25) is 9.59 Å². The number of hydrogen-bond acceptors (Lipinski definition) is 5. The van der Waals surface area contributed by atoms with Gasteiger partial charge in [0.25, 0.3) is 15.9 Å². The van der Waals surface area contributed by atoms with Crippen molar-refractivity contribution in [2.75, 3.05) is 20.6 Å². The van der Waals surface area contributed by atoms with Gasteiger partial charge < -0.3 is 10.6 Å². The van der Waals surface area contributed by atoms with Gasteiger partial charge in [-0.25, -0.2) is 12.7 Å². The highest BCUT2D eigenvalue weighted by atomic mass is 35.5. The molecule has 2 aromatic rings. The smallest absolute Gasteiger partial charge is 0.253 e. The molecule has 26 heavy (non-hydrogen) atoms. The molecular weight excluding hydrogens is 398 g/mol. The first-order valence-corrected chi connectivity index (χ1v) is 10.2. The fourth-order valence-electron chi connectivity index (χ4n) is 1.92. The number of halogens is 1. The number of thiophene rings is 1. The maximum atomic E-state index is 12.0. The van der Waals surface area contributed by atoms with Crippen molar-refractivity contribution in [1.82, 2.24) is 14.9 Å². The predicted octanol–water partition coefficient (Wildman–Crippen LogP) is 1.70. The summed E-state index contributed by atoms with van der Waals surface area (Å²) in [6.45, 7) is -0.0350. The standard InChI is InChI=1S/C16H18ClN3O4S2/c1-20(2)26(23,24)15-8-7-11(25-15)9-18-14(21)10-19-16(22)12-5-3-4-6-13(12)17/h3-8H,9-10H2,1-2H3,(H,18,21)(H,19,22). The molecule has 0 aliphatic carbocycles. The number of hydrogen-bond donors (Lipinski definition) is 2. The van der Waals surface area contributed by atoms with Gasteiger partial charge in [-0.05, 0) is 24.3 Å². The Morgan fingerprint density at radius 1 is 1.12 bits per heavy atom. The Balaban J connectivity index is 1.85. The van der Waals surface area contributed by atoms with Crippen LogP contribution in [0.1, 0.15) is 15.2 Å². The summed E-state index contributed by atoms with van der Waals surface area (Å²) in [5.41, 5.74) is 0.291. The molecule has 2 N–H and O–H groups in total. The topological polar surface area (TPSA) is 95.6 Å². The Morgan fingerprint density at radius 3 is 2.46 bits per heavy atom. The van der Waals surface area contributed by atoms with Gasteiger partial charge in [0.1, 0.15) is 4.21 Å². The molecule has 140 valence electrons. The Bertz CT molecular complexity index is 910. The zero-order valence-corrected chi connectivity index (χ0v) is 16.5. The van der Waals surface area contributed by atoms with E-state index in [0.717, 1.165) is 15.6 Å². The Kier molecular flexibility index (Phi) is 6.76. The van der Waals surface area contributed by atoms with Crippen LogP contribution in [0.2, 0.25) is 5.02 Å². The summed E-state index contributed by atoms with van der Waals surface area (Å²) < 4.78 is 25.4. The van der Waals surface area contributed by atoms with Crippen LogP contribution in [0.25, 0.3) is 0 Å². The van der Waals surface area contributed by atoms with Crippen LogP contribution in [0.15, 0.2) is 40.6 Å². The molecule has 0 saturated heterocycles. The van der Waals surface area contributed by atoms with Crippen LogP contribution >= 0.6 is 22.9 Å². The largest absolute Gasteiger partial charge is 0.350 e. The number of amides is 2. The lowest BCUT2D eigenvalue weighted by molar-refractivity contribution is -0.120. The summed E-state index contributed by atoms with van der Waals surface area (Å²) in [5, 5.41) is 5.42. The van der Waals surface area contributed by atoms with Gasteiger partial charge >= 0.3 is 0 Å². The van der Waals surface area contributed by atoms with Crippen molar-refractivity contribution in [3.63, 3.8) is 0 Å². The molecule has 10 heteroatoms. The SMILES string of the molecule is CN(C)S(=O)(=O)c1ccc(CNC(=O)CNC(=O)c2ccccc2Cl)s1. The maximum absolute atomic E-state index is 12.0. The third-order valence-corrected chi connectivity index (χ3v) is 7.06. The Morgan fingerprint density at radius 2 is 1.81 bits per heavy atom. The number of carbonyl (C=O) groups excluding carboxylic acids is 2. The predicted molar refractivity (Wildman–Crippen MR) is 101 cm³/mol. The molecule has 0 fully saturated rings. The van der Waals surface area contributed by atoms with Crippen molar-refractivity contribution in [2.24, 2.45) is 0 Å². The summed E-state index contributed by atoms with van der Waals surface area (Å²) >= 11 is 7.01. The van der Waals surface area contributed by atoms with E-state index in [1.807, 2.05) is 0 Å². The van der Waals surface area contributed by atoms with E-state index in [4.69, 9.17) is 11.6 Å². The van der Waals surface area contributed by atoms with Crippen LogP contribution < -0.4 is 10.6 Å². The van der Waals surface area contributed by atoms with E-state index < -0.39 is 21.8 Å². The molecule has 0 aliphatic rings. The van der Waals surface area contributed by atoms with Crippen molar-refractivity contribution in [3.8, 4) is 0 Å². The van der Waals surface area contributed by atoms with Crippen LogP contribution in [0.4, 0.5) is 0 Å². The molecule has 0 saturated carbocycles. The fourth-order valence-corrected chi connectivity index (χ4v) is 4.61. The van der Waals surface area contributed by atoms with Gasteiger partial charge in [0.2, 0.25) is 5.91 Å². The van der Waals surface area contributed by atoms with Gasteiger partial charge in [-0.2, -0.15) is 0 Å². The summed E-state index contributed by atoms with van der Waals surface area (Å²) in [7, 11) is -0.568. The minimum Gasteiger partial charge on any atom is -0.350 e. The van der Waals surface area contributed by atoms with E-state index in [0.29, 0.717) is 15.5 Å². The van der Waals surface area contributed by atoms with Crippen molar-refractivity contribution in [1.29, 1.82) is 0 Å². The molecule has 2 rings (SSSR count). The third-order valence-electron chi connectivity index (χ3n) is 3.36. The second-order valence-corrected chi connectivity index (χ2v) is 9.40. The highest BCUT2D eigenvalue weighted by molar-refractivity contribution is 7.91. The van der Waals surface area contributed by atoms with Gasteiger partial charge in [0.15, 0.2) is 0 Å². The molecule has 1 aromatic carbocycles. The molecule has 2 amide bonds. The molecule has 1 aromatic heterocycles. The molecule has 1 heterocycles. The zero-order chi connectivity index (χ0) is 19.3. The average molecular weight is 416 g/mol. The highest BCUT2D eigenvalue weighted by Gasteiger charge is 2.19. The number of nitrogens with zero attached hydrogens (tertiary/aromatic N) is 1. The maximum Gasteiger partial charge on any atom is 0.253 e. The lowest BCUT2D eigenvalue weighted by Gasteiger charge is -2.08. The Labute approximate surface area is 161 Å². The Hall–Kier alpha value is -1.94. The minimum atomic E-state index is -3.48. The second-order valence-electron chi connectivity index (χ2n) is 5.45. The first kappa shape index (κ1) is 20.4. The summed E-state index contributed by atoms with van der Waals surface area (Å²) in [6, 6.07) is 9.68. The van der Waals surface area contributed by atoms with Crippen LogP contribution in [-0.4, -0.2) is 45.2 Å². The summed E-state index contributed by atoms with van der Waals surface area (Å²) in [5.74, 6) is -0.836. The molecule has 0 unspecified atom stereocenters. The fraction of sp³-hybridized carbons (Fsp3) is 0.250. The van der Waals surface area contributed by atoms with E-state index in [9.17, 15) is 18.0 Å². The second kappa shape index (κ2) is 8.63. The van der Waals surface area contributed by atoms with Gasteiger partial charge in [-0.1, -0.05) is 23.7 Å². The molecule has 7 nitrogen and oxygen atoms in total. The van der Waals surface area contributed by atoms with Gasteiger partial charge in [0.05, 0.1) is 23.7 Å². The van der Waals surface area contributed by atoms with Gasteiger partial charge in [0, 0.05) is 19.0 Å². The third kappa shape index (κ3) is 5.04. The lowest BCUT2D eigenvalue weighted by atomic mass is 10.2. The van der Waals surface area contributed by atoms with Crippen molar-refractivity contribution < 1.29 is 18.0 Å². The van der Waals surface area contributed by atoms with E-state index in [2.05, 4.69) is 10.6 Å².